The molecule has 0 aliphatic carbocycles. The van der Waals surface area contributed by atoms with Gasteiger partial charge in [-0.1, -0.05) is 129 Å². The Hall–Kier alpha value is -1.04. The number of rotatable bonds is 31. The summed E-state index contributed by atoms with van der Waals surface area (Å²) in [5, 5.41) is 4.12. The van der Waals surface area contributed by atoms with E-state index in [1.807, 2.05) is 13.8 Å². The Morgan fingerprint density at radius 1 is 0.640 bits per heavy atom. The third kappa shape index (κ3) is 17.2. The summed E-state index contributed by atoms with van der Waals surface area (Å²) in [6.45, 7) is 13.1. The molecule has 2 saturated heterocycles. The summed E-state index contributed by atoms with van der Waals surface area (Å²) < 4.78 is 58.8. The average molecular weight is 716 g/mol. The molecule has 0 bridgehead atoms. The van der Waals surface area contributed by atoms with Crippen molar-refractivity contribution in [3.05, 3.63) is 10.4 Å². The Morgan fingerprint density at radius 2 is 1.14 bits per heavy atom. The summed E-state index contributed by atoms with van der Waals surface area (Å²) in [6.07, 6.45) is 17.2. The van der Waals surface area contributed by atoms with Gasteiger partial charge in [-0.15, -0.1) is 0 Å². The number of halogens is 1. The van der Waals surface area contributed by atoms with Crippen LogP contribution in [-0.2, 0) is 33.2 Å². The molecule has 2 fully saturated rings. The van der Waals surface area contributed by atoms with Crippen LogP contribution >= 0.6 is 0 Å². The first-order valence-electron chi connectivity index (χ1n) is 20.4. The molecule has 0 N–H and O–H groups in total. The van der Waals surface area contributed by atoms with Gasteiger partial charge < -0.3 is 33.2 Å². The van der Waals surface area contributed by atoms with Gasteiger partial charge in [0.15, 0.2) is 12.1 Å². The number of hydrogen-bond acceptors (Lipinski definition) is 8. The Labute approximate surface area is 304 Å². The normalized spacial score (nSPS) is 27.0. The lowest BCUT2D eigenvalue weighted by Gasteiger charge is -2.45. The fraction of sp³-hybridized carbons (Fsp3) is 1.00. The molecule has 0 radical (unpaired) electrons. The fourth-order valence-electron chi connectivity index (χ4n) is 6.85. The second-order valence-corrected chi connectivity index (χ2v) is 14.7. The molecular formula is C39H74FN3O7. The van der Waals surface area contributed by atoms with Gasteiger partial charge in [-0.2, -0.15) is 0 Å². The second-order valence-electron chi connectivity index (χ2n) is 14.7. The van der Waals surface area contributed by atoms with Crippen LogP contribution < -0.4 is 0 Å². The largest absolute Gasteiger partial charge is 0.373 e. The lowest BCUT2D eigenvalue weighted by atomic mass is 9.98. The summed E-state index contributed by atoms with van der Waals surface area (Å²) in [6, 6.07) is -0.675. The molecule has 50 heavy (non-hydrogen) atoms. The number of hydrogen-bond donors (Lipinski definition) is 0. The topological polar surface area (TPSA) is 113 Å². The molecule has 2 aliphatic rings. The van der Waals surface area contributed by atoms with E-state index in [4.69, 9.17) is 33.2 Å². The zero-order valence-corrected chi connectivity index (χ0v) is 32.7. The maximum absolute atomic E-state index is 14.6. The van der Waals surface area contributed by atoms with E-state index in [0.717, 1.165) is 57.8 Å². The van der Waals surface area contributed by atoms with Crippen molar-refractivity contribution in [2.45, 2.75) is 218 Å². The molecule has 0 amide bonds. The number of unbranched alkanes of at least 4 members (excludes halogenated alkanes) is 14. The molecular weight excluding hydrogens is 641 g/mol. The molecule has 294 valence electrons. The van der Waals surface area contributed by atoms with Gasteiger partial charge in [-0.25, -0.2) is 4.39 Å². The summed E-state index contributed by atoms with van der Waals surface area (Å²) in [5.41, 5.74) is 9.58. The highest BCUT2D eigenvalue weighted by atomic mass is 19.1. The van der Waals surface area contributed by atoms with Crippen molar-refractivity contribution in [3.8, 4) is 0 Å². The average Bonchev–Trinajstić information content (AvgIpc) is 3.42. The molecule has 2 unspecified atom stereocenters. The monoisotopic (exact) mass is 716 g/mol. The van der Waals surface area contributed by atoms with E-state index in [0.29, 0.717) is 19.8 Å². The zero-order valence-electron chi connectivity index (χ0n) is 32.7. The summed E-state index contributed by atoms with van der Waals surface area (Å²) in [7, 11) is 0. The molecule has 0 aromatic carbocycles. The van der Waals surface area contributed by atoms with Crippen LogP contribution in [0, 0.1) is 0 Å². The molecule has 0 saturated carbocycles. The first-order chi connectivity index (χ1) is 24.3. The van der Waals surface area contributed by atoms with E-state index in [9.17, 15) is 9.92 Å². The van der Waals surface area contributed by atoms with E-state index in [1.165, 1.54) is 64.2 Å². The van der Waals surface area contributed by atoms with Crippen molar-refractivity contribution in [2.24, 2.45) is 5.11 Å². The van der Waals surface area contributed by atoms with Crippen molar-refractivity contribution >= 4 is 0 Å². The second kappa shape index (κ2) is 27.5. The molecule has 2 heterocycles. The van der Waals surface area contributed by atoms with Crippen LogP contribution in [0.3, 0.4) is 0 Å². The highest BCUT2D eigenvalue weighted by Crippen LogP contribution is 2.35. The Kier molecular flexibility index (Phi) is 24.9. The number of alkyl halides is 1. The van der Waals surface area contributed by atoms with Crippen molar-refractivity contribution in [1.82, 2.24) is 0 Å². The molecule has 2 rings (SSSR count). The molecule has 0 aromatic rings. The maximum atomic E-state index is 14.6. The van der Waals surface area contributed by atoms with Gasteiger partial charge >= 0.3 is 0 Å². The molecule has 8 atom stereocenters. The maximum Gasteiger partial charge on any atom is 0.186 e. The minimum atomic E-state index is -0.938. The summed E-state index contributed by atoms with van der Waals surface area (Å²) in [4.78, 5) is 3.15. The first kappa shape index (κ1) is 45.1. The van der Waals surface area contributed by atoms with Gasteiger partial charge in [0.05, 0.1) is 24.9 Å². The Balaban J connectivity index is 2.05. The van der Waals surface area contributed by atoms with Gasteiger partial charge in [0.2, 0.25) is 0 Å². The first-order valence-corrected chi connectivity index (χ1v) is 20.4. The van der Waals surface area contributed by atoms with E-state index in [1.54, 1.807) is 0 Å². The summed E-state index contributed by atoms with van der Waals surface area (Å²) in [5.74, 6) is -0.816. The van der Waals surface area contributed by atoms with Crippen LogP contribution in [0.5, 0.6) is 0 Å². The van der Waals surface area contributed by atoms with Crippen molar-refractivity contribution < 1.29 is 37.5 Å². The molecule has 0 aromatic heterocycles. The van der Waals surface area contributed by atoms with E-state index >= 15 is 0 Å². The highest BCUT2D eigenvalue weighted by molar-refractivity contribution is 4.95. The van der Waals surface area contributed by atoms with Gasteiger partial charge in [-0.3, -0.25) is 0 Å². The van der Waals surface area contributed by atoms with Gasteiger partial charge in [-0.05, 0) is 45.1 Å². The molecule has 10 nitrogen and oxygen atoms in total. The zero-order chi connectivity index (χ0) is 36.5. The quantitative estimate of drug-likeness (QED) is 0.0304. The lowest BCUT2D eigenvalue weighted by Crippen LogP contribution is -2.62. The van der Waals surface area contributed by atoms with Crippen LogP contribution in [-0.4, -0.2) is 87.8 Å². The number of azide groups is 1. The van der Waals surface area contributed by atoms with E-state index in [-0.39, 0.29) is 12.7 Å². The molecule has 0 spiro atoms. The Bertz CT molecular complexity index is 881. The predicted octanol–water partition coefficient (Wildman–Crippen LogP) is 10.5. The molecule has 2 aliphatic heterocycles. The minimum Gasteiger partial charge on any atom is -0.373 e. The third-order valence-corrected chi connectivity index (χ3v) is 9.74. The van der Waals surface area contributed by atoms with Crippen molar-refractivity contribution in [3.63, 3.8) is 0 Å². The van der Waals surface area contributed by atoms with E-state index < -0.39 is 55.3 Å². The van der Waals surface area contributed by atoms with Crippen molar-refractivity contribution in [2.75, 3.05) is 33.1 Å². The smallest absolute Gasteiger partial charge is 0.186 e. The van der Waals surface area contributed by atoms with Crippen LogP contribution in [0.1, 0.15) is 164 Å². The predicted molar refractivity (Wildman–Crippen MR) is 197 cm³/mol. The van der Waals surface area contributed by atoms with Crippen LogP contribution in [0.4, 0.5) is 4.39 Å². The summed E-state index contributed by atoms with van der Waals surface area (Å²) >= 11 is 0. The van der Waals surface area contributed by atoms with Crippen molar-refractivity contribution in [1.29, 1.82) is 0 Å². The van der Waals surface area contributed by atoms with Crippen LogP contribution in [0.2, 0.25) is 0 Å². The van der Waals surface area contributed by atoms with E-state index in [2.05, 4.69) is 37.7 Å². The van der Waals surface area contributed by atoms with Gasteiger partial charge in [0, 0.05) is 24.7 Å². The highest BCUT2D eigenvalue weighted by Gasteiger charge is 2.50. The van der Waals surface area contributed by atoms with Crippen LogP contribution in [0.15, 0.2) is 5.11 Å². The fourth-order valence-corrected chi connectivity index (χ4v) is 6.85. The standard InChI is InChI=1S/C39H74FN3O7/c1-7-11-15-16-17-18-19-20-21-22-23-24-25-32-34(50-39(5,6)49-32)31(42-43-41)30-47-38-37(46-28-14-10-4)36(45-27-13-9-3)35(33(29-40)48-38)44-26-12-8-2/h31-38H,7-30H2,1-6H3/t31-,32+,33?,34-,35+,36-,37?,38-/m0/s1. The van der Waals surface area contributed by atoms with Crippen LogP contribution in [0.25, 0.3) is 10.4 Å². The van der Waals surface area contributed by atoms with Gasteiger partial charge in [0.25, 0.3) is 0 Å². The minimum absolute atomic E-state index is 0.00343. The van der Waals surface area contributed by atoms with Gasteiger partial charge in [0.1, 0.15) is 31.1 Å². The lowest BCUT2D eigenvalue weighted by molar-refractivity contribution is -0.321. The molecule has 11 heteroatoms. The number of ether oxygens (including phenoxy) is 7. The number of nitrogens with zero attached hydrogens (tertiary/aromatic N) is 3. The SMILES string of the molecule is CCCCCCCCCCCCCC[C@H]1OC(C)(C)O[C@H]1[C@H](CO[C@H]1OC(CF)[C@@H](OCCCC)[C@H](OCCCC)C1OCCCC)N=[N+]=[N-]. The third-order valence-electron chi connectivity index (χ3n) is 9.74. The Morgan fingerprint density at radius 3 is 1.66 bits per heavy atom.